The number of ether oxygens (including phenoxy) is 1. The Bertz CT molecular complexity index is 1190. The molecule has 0 spiro atoms. The molecule has 0 bridgehead atoms. The van der Waals surface area contributed by atoms with Crippen LogP contribution in [-0.2, 0) is 14.8 Å². The van der Waals surface area contributed by atoms with Crippen molar-refractivity contribution in [3.8, 4) is 0 Å². The van der Waals surface area contributed by atoms with Gasteiger partial charge in [0, 0.05) is 25.2 Å². The van der Waals surface area contributed by atoms with Gasteiger partial charge in [0.25, 0.3) is 15.9 Å². The number of sulfonamides is 1. The molecule has 0 aliphatic carbocycles. The van der Waals surface area contributed by atoms with Crippen LogP contribution in [0.15, 0.2) is 77.8 Å². The first-order valence-corrected chi connectivity index (χ1v) is 12.2. The molecule has 172 valence electrons. The van der Waals surface area contributed by atoms with E-state index in [1.54, 1.807) is 55.6 Å². The van der Waals surface area contributed by atoms with E-state index >= 15 is 0 Å². The Hall–Kier alpha value is -3.43. The topological polar surface area (TPSA) is 91.8 Å². The van der Waals surface area contributed by atoms with E-state index in [1.165, 1.54) is 16.4 Å². The van der Waals surface area contributed by atoms with Crippen LogP contribution in [0.25, 0.3) is 0 Å². The van der Waals surface area contributed by atoms with E-state index in [0.29, 0.717) is 24.6 Å². The summed E-state index contributed by atoms with van der Waals surface area (Å²) in [5, 5.41) is 2.79. The maximum atomic E-state index is 13.3. The number of pyridine rings is 1. The van der Waals surface area contributed by atoms with E-state index < -0.39 is 15.9 Å². The molecule has 1 aliphatic rings. The molecule has 2 heterocycles. The van der Waals surface area contributed by atoms with Gasteiger partial charge < -0.3 is 15.0 Å². The summed E-state index contributed by atoms with van der Waals surface area (Å²) < 4.78 is 33.2. The van der Waals surface area contributed by atoms with Gasteiger partial charge in [-0.3, -0.25) is 9.10 Å². The highest BCUT2D eigenvalue weighted by Crippen LogP contribution is 2.24. The lowest BCUT2D eigenvalue weighted by Gasteiger charge is -2.27. The van der Waals surface area contributed by atoms with Crippen molar-refractivity contribution >= 4 is 33.1 Å². The zero-order valence-electron chi connectivity index (χ0n) is 18.3. The third kappa shape index (κ3) is 5.15. The highest BCUT2D eigenvalue weighted by Gasteiger charge is 2.24. The molecule has 1 saturated heterocycles. The summed E-state index contributed by atoms with van der Waals surface area (Å²) in [4.78, 5) is 19.4. The smallest absolute Gasteiger partial charge is 0.264 e. The van der Waals surface area contributed by atoms with Gasteiger partial charge in [-0.15, -0.1) is 0 Å². The van der Waals surface area contributed by atoms with Crippen LogP contribution in [0.3, 0.4) is 0 Å². The van der Waals surface area contributed by atoms with E-state index in [2.05, 4.69) is 15.2 Å². The van der Waals surface area contributed by atoms with Gasteiger partial charge in [-0.1, -0.05) is 24.3 Å². The Kier molecular flexibility index (Phi) is 6.90. The first-order valence-electron chi connectivity index (χ1n) is 10.8. The van der Waals surface area contributed by atoms with Gasteiger partial charge in [0.05, 0.1) is 35.7 Å². The number of para-hydroxylation sites is 1. The Labute approximate surface area is 193 Å². The van der Waals surface area contributed by atoms with Crippen LogP contribution in [0.5, 0.6) is 0 Å². The number of morpholine rings is 1. The van der Waals surface area contributed by atoms with Gasteiger partial charge in [0.15, 0.2) is 0 Å². The predicted octanol–water partition coefficient (Wildman–Crippen LogP) is 3.39. The van der Waals surface area contributed by atoms with Crippen molar-refractivity contribution in [2.45, 2.75) is 11.8 Å². The van der Waals surface area contributed by atoms with E-state index in [9.17, 15) is 13.2 Å². The van der Waals surface area contributed by atoms with Gasteiger partial charge >= 0.3 is 0 Å². The number of carbonyl (C=O) groups excluding carboxylic acids is 1. The standard InChI is InChI=1S/C24H26N4O4S/c1-2-28(21-8-4-3-5-9-21)33(30,31)22-10-6-7-19(17-22)24(29)26-20-11-12-23(25-18-20)27-13-15-32-16-14-27/h3-12,17-18H,2,13-16H2,1H3,(H,26,29). The van der Waals surface area contributed by atoms with Crippen LogP contribution in [0, 0.1) is 0 Å². The summed E-state index contributed by atoms with van der Waals surface area (Å²) >= 11 is 0. The third-order valence-electron chi connectivity index (χ3n) is 5.36. The van der Waals surface area contributed by atoms with Crippen LogP contribution in [0.2, 0.25) is 0 Å². The molecule has 1 amide bonds. The number of hydrogen-bond donors (Lipinski definition) is 1. The molecular formula is C24H26N4O4S. The minimum absolute atomic E-state index is 0.0571. The number of carbonyl (C=O) groups is 1. The van der Waals surface area contributed by atoms with E-state index in [4.69, 9.17) is 4.74 Å². The van der Waals surface area contributed by atoms with Crippen molar-refractivity contribution in [2.75, 3.05) is 47.4 Å². The quantitative estimate of drug-likeness (QED) is 0.574. The van der Waals surface area contributed by atoms with Gasteiger partial charge in [-0.05, 0) is 49.4 Å². The molecule has 1 N–H and O–H groups in total. The zero-order valence-corrected chi connectivity index (χ0v) is 19.2. The lowest BCUT2D eigenvalue weighted by Crippen LogP contribution is -2.36. The van der Waals surface area contributed by atoms with Gasteiger partial charge in [-0.2, -0.15) is 0 Å². The van der Waals surface area contributed by atoms with Crippen LogP contribution >= 0.6 is 0 Å². The summed E-state index contributed by atoms with van der Waals surface area (Å²) in [6, 6.07) is 18.6. The van der Waals surface area contributed by atoms with Crippen molar-refractivity contribution in [1.82, 2.24) is 4.98 Å². The molecule has 1 aromatic heterocycles. The summed E-state index contributed by atoms with van der Waals surface area (Å²) in [7, 11) is -3.83. The monoisotopic (exact) mass is 466 g/mol. The van der Waals surface area contributed by atoms with Crippen LogP contribution < -0.4 is 14.5 Å². The Morgan fingerprint density at radius 3 is 2.48 bits per heavy atom. The predicted molar refractivity (Wildman–Crippen MR) is 128 cm³/mol. The fourth-order valence-electron chi connectivity index (χ4n) is 3.65. The van der Waals surface area contributed by atoms with Gasteiger partial charge in [-0.25, -0.2) is 13.4 Å². The second-order valence-electron chi connectivity index (χ2n) is 7.49. The highest BCUT2D eigenvalue weighted by atomic mass is 32.2. The summed E-state index contributed by atoms with van der Waals surface area (Å²) in [5.41, 5.74) is 1.35. The summed E-state index contributed by atoms with van der Waals surface area (Å²) in [6.07, 6.45) is 1.59. The maximum absolute atomic E-state index is 13.3. The van der Waals surface area contributed by atoms with Crippen LogP contribution in [0.4, 0.5) is 17.2 Å². The second kappa shape index (κ2) is 10.0. The minimum Gasteiger partial charge on any atom is -0.378 e. The average Bonchev–Trinajstić information content (AvgIpc) is 2.86. The normalized spacial score (nSPS) is 14.0. The number of amides is 1. The van der Waals surface area contributed by atoms with Crippen molar-refractivity contribution < 1.29 is 17.9 Å². The summed E-state index contributed by atoms with van der Waals surface area (Å²) in [5.74, 6) is 0.417. The van der Waals surface area contributed by atoms with E-state index in [1.807, 2.05) is 12.1 Å². The Morgan fingerprint density at radius 1 is 1.06 bits per heavy atom. The van der Waals surface area contributed by atoms with Gasteiger partial charge in [0.1, 0.15) is 5.82 Å². The summed E-state index contributed by atoms with van der Waals surface area (Å²) in [6.45, 7) is 4.92. The molecule has 2 aromatic carbocycles. The van der Waals surface area contributed by atoms with Crippen molar-refractivity contribution in [3.05, 3.63) is 78.5 Å². The maximum Gasteiger partial charge on any atom is 0.264 e. The molecule has 9 heteroatoms. The van der Waals surface area contributed by atoms with Crippen molar-refractivity contribution in [1.29, 1.82) is 0 Å². The molecule has 3 aromatic rings. The largest absolute Gasteiger partial charge is 0.378 e. The number of anilines is 3. The highest BCUT2D eigenvalue weighted by molar-refractivity contribution is 7.92. The lowest BCUT2D eigenvalue weighted by molar-refractivity contribution is 0.102. The molecule has 0 saturated carbocycles. The molecule has 0 atom stereocenters. The van der Waals surface area contributed by atoms with Crippen molar-refractivity contribution in [3.63, 3.8) is 0 Å². The molecule has 4 rings (SSSR count). The second-order valence-corrected chi connectivity index (χ2v) is 9.35. The number of aromatic nitrogens is 1. The minimum atomic E-state index is -3.83. The molecule has 1 fully saturated rings. The fraction of sp³-hybridized carbons (Fsp3) is 0.250. The van der Waals surface area contributed by atoms with Crippen LogP contribution in [-0.4, -0.2) is 52.2 Å². The zero-order chi connectivity index (χ0) is 23.3. The fourth-order valence-corrected chi connectivity index (χ4v) is 5.17. The lowest BCUT2D eigenvalue weighted by atomic mass is 10.2. The Balaban J connectivity index is 1.50. The average molecular weight is 467 g/mol. The molecule has 0 radical (unpaired) electrons. The van der Waals surface area contributed by atoms with Crippen molar-refractivity contribution in [2.24, 2.45) is 0 Å². The Morgan fingerprint density at radius 2 is 1.82 bits per heavy atom. The molecule has 1 aliphatic heterocycles. The van der Waals surface area contributed by atoms with Gasteiger partial charge in [0.2, 0.25) is 0 Å². The van der Waals surface area contributed by atoms with E-state index in [-0.39, 0.29) is 17.0 Å². The van der Waals surface area contributed by atoms with E-state index in [0.717, 1.165) is 18.9 Å². The first kappa shape index (κ1) is 22.8. The SMILES string of the molecule is CCN(c1ccccc1)S(=O)(=O)c1cccc(C(=O)Nc2ccc(N3CCOCC3)nc2)c1. The number of nitrogens with one attached hydrogen (secondary N) is 1. The first-order chi connectivity index (χ1) is 16.0. The third-order valence-corrected chi connectivity index (χ3v) is 7.26. The number of nitrogens with zero attached hydrogens (tertiary/aromatic N) is 3. The number of hydrogen-bond acceptors (Lipinski definition) is 6. The number of benzene rings is 2. The number of rotatable bonds is 7. The molecular weight excluding hydrogens is 440 g/mol. The molecule has 8 nitrogen and oxygen atoms in total. The molecule has 0 unspecified atom stereocenters. The molecule has 33 heavy (non-hydrogen) atoms. The van der Waals surface area contributed by atoms with Crippen LogP contribution in [0.1, 0.15) is 17.3 Å².